The van der Waals surface area contributed by atoms with Gasteiger partial charge < -0.3 is 5.32 Å². The summed E-state index contributed by atoms with van der Waals surface area (Å²) in [6.45, 7) is 2.15. The van der Waals surface area contributed by atoms with Gasteiger partial charge in [-0.05, 0) is 50.0 Å². The first-order valence-corrected chi connectivity index (χ1v) is 8.00. The van der Waals surface area contributed by atoms with E-state index in [2.05, 4.69) is 10.0 Å². The minimum atomic E-state index is -3.68. The Bertz CT molecular complexity index is 545. The molecule has 7 heteroatoms. The zero-order valence-electron chi connectivity index (χ0n) is 10.3. The summed E-state index contributed by atoms with van der Waals surface area (Å²) in [4.78, 5) is -0.0839. The van der Waals surface area contributed by atoms with Crippen molar-refractivity contribution in [3.63, 3.8) is 0 Å². The molecule has 1 saturated heterocycles. The summed E-state index contributed by atoms with van der Waals surface area (Å²) < 4.78 is 39.6. The molecule has 1 aromatic rings. The van der Waals surface area contributed by atoms with E-state index in [1.807, 2.05) is 0 Å². The van der Waals surface area contributed by atoms with Gasteiger partial charge in [0.15, 0.2) is 0 Å². The number of hydrogen-bond donors (Lipinski definition) is 2. The molecule has 0 amide bonds. The van der Waals surface area contributed by atoms with Crippen LogP contribution in [0, 0.1) is 11.7 Å². The van der Waals surface area contributed by atoms with Crippen LogP contribution < -0.4 is 10.0 Å². The van der Waals surface area contributed by atoms with Crippen molar-refractivity contribution in [2.75, 3.05) is 19.6 Å². The lowest BCUT2D eigenvalue weighted by molar-refractivity contribution is 0.376. The van der Waals surface area contributed by atoms with Gasteiger partial charge in [-0.3, -0.25) is 0 Å². The van der Waals surface area contributed by atoms with E-state index in [0.717, 1.165) is 38.1 Å². The number of benzene rings is 1. The summed E-state index contributed by atoms with van der Waals surface area (Å²) in [5.74, 6) is -0.275. The summed E-state index contributed by atoms with van der Waals surface area (Å²) in [6.07, 6.45) is 2.04. The van der Waals surface area contributed by atoms with Crippen LogP contribution in [0.5, 0.6) is 0 Å². The fourth-order valence-electron chi connectivity index (χ4n) is 2.10. The van der Waals surface area contributed by atoms with E-state index in [4.69, 9.17) is 11.6 Å². The zero-order valence-corrected chi connectivity index (χ0v) is 11.9. The van der Waals surface area contributed by atoms with Gasteiger partial charge in [-0.1, -0.05) is 11.6 Å². The molecule has 0 aliphatic carbocycles. The minimum absolute atomic E-state index is 0.0839. The maximum atomic E-state index is 12.9. The summed E-state index contributed by atoms with van der Waals surface area (Å²) >= 11 is 5.76. The first-order chi connectivity index (χ1) is 8.99. The number of sulfonamides is 1. The van der Waals surface area contributed by atoms with E-state index < -0.39 is 15.8 Å². The van der Waals surface area contributed by atoms with Crippen LogP contribution in [0.4, 0.5) is 4.39 Å². The molecule has 0 aromatic heterocycles. The molecular formula is C12H16ClFN2O2S. The molecule has 1 aromatic carbocycles. The Morgan fingerprint density at radius 3 is 2.89 bits per heavy atom. The molecule has 2 rings (SSSR count). The van der Waals surface area contributed by atoms with Crippen LogP contribution in [0.3, 0.4) is 0 Å². The van der Waals surface area contributed by atoms with Crippen LogP contribution >= 0.6 is 11.6 Å². The maximum absolute atomic E-state index is 12.9. The predicted molar refractivity (Wildman–Crippen MR) is 72.2 cm³/mol. The average molecular weight is 307 g/mol. The molecule has 106 valence electrons. The van der Waals surface area contributed by atoms with E-state index in [1.165, 1.54) is 6.07 Å². The third-order valence-electron chi connectivity index (χ3n) is 3.14. The number of nitrogens with one attached hydrogen (secondary N) is 2. The SMILES string of the molecule is O=S(=O)(NC[C@@H]1CCCNC1)c1ccc(F)cc1Cl. The largest absolute Gasteiger partial charge is 0.316 e. The zero-order chi connectivity index (χ0) is 13.9. The lowest BCUT2D eigenvalue weighted by Crippen LogP contribution is -2.38. The van der Waals surface area contributed by atoms with Crippen LogP contribution in [0.2, 0.25) is 5.02 Å². The summed E-state index contributed by atoms with van der Waals surface area (Å²) in [6, 6.07) is 3.26. The molecule has 1 aliphatic rings. The molecule has 1 aliphatic heterocycles. The molecule has 2 N–H and O–H groups in total. The van der Waals surface area contributed by atoms with Gasteiger partial charge in [-0.25, -0.2) is 17.5 Å². The van der Waals surface area contributed by atoms with Gasteiger partial charge >= 0.3 is 0 Å². The number of rotatable bonds is 4. The quantitative estimate of drug-likeness (QED) is 0.891. The van der Waals surface area contributed by atoms with Crippen molar-refractivity contribution in [3.05, 3.63) is 29.0 Å². The van der Waals surface area contributed by atoms with Crippen LogP contribution in [-0.2, 0) is 10.0 Å². The van der Waals surface area contributed by atoms with Crippen molar-refractivity contribution < 1.29 is 12.8 Å². The van der Waals surface area contributed by atoms with Crippen LogP contribution in [0.1, 0.15) is 12.8 Å². The molecule has 19 heavy (non-hydrogen) atoms. The van der Waals surface area contributed by atoms with Crippen molar-refractivity contribution in [2.45, 2.75) is 17.7 Å². The van der Waals surface area contributed by atoms with Crippen molar-refractivity contribution >= 4 is 21.6 Å². The van der Waals surface area contributed by atoms with E-state index in [-0.39, 0.29) is 15.8 Å². The first kappa shape index (κ1) is 14.7. The van der Waals surface area contributed by atoms with Gasteiger partial charge in [0, 0.05) is 6.54 Å². The fourth-order valence-corrected chi connectivity index (χ4v) is 3.74. The van der Waals surface area contributed by atoms with Gasteiger partial charge in [0.05, 0.1) is 5.02 Å². The highest BCUT2D eigenvalue weighted by molar-refractivity contribution is 7.89. The highest BCUT2D eigenvalue weighted by atomic mass is 35.5. The van der Waals surface area contributed by atoms with Gasteiger partial charge in [-0.2, -0.15) is 0 Å². The Hall–Kier alpha value is -0.690. The topological polar surface area (TPSA) is 58.2 Å². The average Bonchev–Trinajstić information content (AvgIpc) is 2.37. The summed E-state index contributed by atoms with van der Waals surface area (Å²) in [7, 11) is -3.68. The molecule has 0 saturated carbocycles. The van der Waals surface area contributed by atoms with Gasteiger partial charge in [0.1, 0.15) is 10.7 Å². The van der Waals surface area contributed by atoms with Crippen molar-refractivity contribution in [3.8, 4) is 0 Å². The molecule has 0 bridgehead atoms. The molecule has 1 fully saturated rings. The van der Waals surface area contributed by atoms with E-state index >= 15 is 0 Å². The second-order valence-corrected chi connectivity index (χ2v) is 6.78. The lowest BCUT2D eigenvalue weighted by Gasteiger charge is -2.22. The number of hydrogen-bond acceptors (Lipinski definition) is 3. The highest BCUT2D eigenvalue weighted by Gasteiger charge is 2.21. The molecule has 1 heterocycles. The number of piperidine rings is 1. The Labute approximate surface area is 117 Å². The van der Waals surface area contributed by atoms with Crippen LogP contribution in [0.25, 0.3) is 0 Å². The Kier molecular flexibility index (Phi) is 4.78. The van der Waals surface area contributed by atoms with Gasteiger partial charge in [0.2, 0.25) is 10.0 Å². The molecule has 4 nitrogen and oxygen atoms in total. The van der Waals surface area contributed by atoms with Gasteiger partial charge in [0.25, 0.3) is 0 Å². The standard InChI is InChI=1S/C12H16ClFN2O2S/c13-11-6-10(14)3-4-12(11)19(17,18)16-8-9-2-1-5-15-7-9/h3-4,6,9,15-16H,1-2,5,7-8H2/t9-/m1/s1. The second kappa shape index (κ2) is 6.17. The maximum Gasteiger partial charge on any atom is 0.242 e. The van der Waals surface area contributed by atoms with Crippen molar-refractivity contribution in [1.82, 2.24) is 10.0 Å². The molecule has 0 radical (unpaired) electrons. The normalized spacial score (nSPS) is 20.4. The lowest BCUT2D eigenvalue weighted by atomic mass is 10.0. The Balaban J connectivity index is 2.05. The van der Waals surface area contributed by atoms with E-state index in [9.17, 15) is 12.8 Å². The van der Waals surface area contributed by atoms with Crippen molar-refractivity contribution in [1.29, 1.82) is 0 Å². The van der Waals surface area contributed by atoms with Crippen LogP contribution in [0.15, 0.2) is 23.1 Å². The monoisotopic (exact) mass is 306 g/mol. The number of halogens is 2. The molecule has 1 atom stereocenters. The van der Waals surface area contributed by atoms with Crippen molar-refractivity contribution in [2.24, 2.45) is 5.92 Å². The van der Waals surface area contributed by atoms with Crippen LogP contribution in [-0.4, -0.2) is 28.1 Å². The second-order valence-electron chi connectivity index (χ2n) is 4.64. The minimum Gasteiger partial charge on any atom is -0.316 e. The molecule has 0 unspecified atom stereocenters. The predicted octanol–water partition coefficient (Wildman–Crippen LogP) is 1.76. The molecule has 0 spiro atoms. The van der Waals surface area contributed by atoms with E-state index in [1.54, 1.807) is 0 Å². The fraction of sp³-hybridized carbons (Fsp3) is 0.500. The molecular weight excluding hydrogens is 291 g/mol. The first-order valence-electron chi connectivity index (χ1n) is 6.14. The van der Waals surface area contributed by atoms with Gasteiger partial charge in [-0.15, -0.1) is 0 Å². The Morgan fingerprint density at radius 1 is 1.47 bits per heavy atom. The Morgan fingerprint density at radius 2 is 2.26 bits per heavy atom. The van der Waals surface area contributed by atoms with E-state index in [0.29, 0.717) is 6.54 Å². The third kappa shape index (κ3) is 3.89. The third-order valence-corrected chi connectivity index (χ3v) is 5.05. The summed E-state index contributed by atoms with van der Waals surface area (Å²) in [5, 5.41) is 3.12. The smallest absolute Gasteiger partial charge is 0.242 e. The summed E-state index contributed by atoms with van der Waals surface area (Å²) in [5.41, 5.74) is 0. The highest BCUT2D eigenvalue weighted by Crippen LogP contribution is 2.22.